The summed E-state index contributed by atoms with van der Waals surface area (Å²) < 4.78 is 5.26. The van der Waals surface area contributed by atoms with Gasteiger partial charge in [0.1, 0.15) is 5.76 Å². The first-order chi connectivity index (χ1) is 9.74. The second-order valence-corrected chi connectivity index (χ2v) is 4.87. The smallest absolute Gasteiger partial charge is 0.227 e. The van der Waals surface area contributed by atoms with Crippen molar-refractivity contribution in [3.63, 3.8) is 0 Å². The molecule has 4 nitrogen and oxygen atoms in total. The molecule has 0 spiro atoms. The maximum absolute atomic E-state index is 12.3. The lowest BCUT2D eigenvalue weighted by atomic mass is 10.1. The fourth-order valence-electron chi connectivity index (χ4n) is 2.30. The zero-order valence-electron chi connectivity index (χ0n) is 11.3. The number of hydrogen-bond donors (Lipinski definition) is 1. The van der Waals surface area contributed by atoms with Crippen LogP contribution in [0.2, 0.25) is 0 Å². The largest absolute Gasteiger partial charge is 0.467 e. The number of amides is 1. The van der Waals surface area contributed by atoms with E-state index in [-0.39, 0.29) is 5.91 Å². The third-order valence-electron chi connectivity index (χ3n) is 3.42. The van der Waals surface area contributed by atoms with Gasteiger partial charge in [0.15, 0.2) is 0 Å². The average molecular weight is 268 g/mol. The van der Waals surface area contributed by atoms with Gasteiger partial charge in [-0.3, -0.25) is 4.79 Å². The van der Waals surface area contributed by atoms with Gasteiger partial charge in [0, 0.05) is 24.1 Å². The topological polar surface area (TPSA) is 49.2 Å². The van der Waals surface area contributed by atoms with Gasteiger partial charge in [0.25, 0.3) is 0 Å². The minimum atomic E-state index is 0.0751. The second kappa shape index (κ2) is 5.25. The number of nitrogens with zero attached hydrogens (tertiary/aromatic N) is 1. The highest BCUT2D eigenvalue weighted by molar-refractivity contribution is 5.88. The average Bonchev–Trinajstić information content (AvgIpc) is 3.09. The maximum atomic E-state index is 12.3. The van der Waals surface area contributed by atoms with E-state index in [0.29, 0.717) is 13.0 Å². The van der Waals surface area contributed by atoms with Gasteiger partial charge in [0.05, 0.1) is 19.2 Å². The molecule has 0 unspecified atom stereocenters. The molecule has 0 aliphatic heterocycles. The molecule has 3 aromatic rings. The second-order valence-electron chi connectivity index (χ2n) is 4.87. The monoisotopic (exact) mass is 268 g/mol. The first-order valence-corrected chi connectivity index (χ1v) is 6.55. The molecule has 0 radical (unpaired) electrons. The Morgan fingerprint density at radius 3 is 2.90 bits per heavy atom. The molecular formula is C16H16N2O2. The number of furan rings is 1. The zero-order valence-corrected chi connectivity index (χ0v) is 11.3. The zero-order chi connectivity index (χ0) is 13.9. The van der Waals surface area contributed by atoms with Crippen molar-refractivity contribution in [3.05, 3.63) is 60.2 Å². The number of H-pyrrole nitrogens is 1. The van der Waals surface area contributed by atoms with Crippen LogP contribution in [-0.4, -0.2) is 22.8 Å². The number of likely N-dealkylation sites (N-methyl/N-ethyl adjacent to an activating group) is 1. The Morgan fingerprint density at radius 1 is 1.25 bits per heavy atom. The van der Waals surface area contributed by atoms with Gasteiger partial charge in [-0.2, -0.15) is 0 Å². The third-order valence-corrected chi connectivity index (χ3v) is 3.42. The fourth-order valence-corrected chi connectivity index (χ4v) is 2.30. The van der Waals surface area contributed by atoms with Gasteiger partial charge in [0.2, 0.25) is 5.91 Å². The molecule has 0 saturated carbocycles. The summed E-state index contributed by atoms with van der Waals surface area (Å²) in [4.78, 5) is 17.1. The van der Waals surface area contributed by atoms with Crippen LogP contribution in [0.4, 0.5) is 0 Å². The van der Waals surface area contributed by atoms with E-state index >= 15 is 0 Å². The molecule has 2 heterocycles. The molecule has 0 aliphatic carbocycles. The Hall–Kier alpha value is -2.49. The summed E-state index contributed by atoms with van der Waals surface area (Å²) >= 11 is 0. The number of hydrogen-bond acceptors (Lipinski definition) is 2. The van der Waals surface area contributed by atoms with E-state index in [1.54, 1.807) is 18.2 Å². The Balaban J connectivity index is 1.72. The van der Waals surface area contributed by atoms with E-state index in [1.165, 1.54) is 0 Å². The lowest BCUT2D eigenvalue weighted by Crippen LogP contribution is -2.27. The summed E-state index contributed by atoms with van der Waals surface area (Å²) in [6.07, 6.45) is 3.91. The van der Waals surface area contributed by atoms with Crippen LogP contribution in [0.25, 0.3) is 10.9 Å². The van der Waals surface area contributed by atoms with Crippen LogP contribution in [-0.2, 0) is 17.8 Å². The van der Waals surface area contributed by atoms with Gasteiger partial charge >= 0.3 is 0 Å². The van der Waals surface area contributed by atoms with Crippen molar-refractivity contribution < 1.29 is 9.21 Å². The SMILES string of the molecule is CN(Cc1ccco1)C(=O)Cc1c[nH]c2ccccc12. The Labute approximate surface area is 117 Å². The quantitative estimate of drug-likeness (QED) is 0.790. The minimum Gasteiger partial charge on any atom is -0.467 e. The number of carbonyl (C=O) groups is 1. The van der Waals surface area contributed by atoms with Gasteiger partial charge < -0.3 is 14.3 Å². The molecule has 1 N–H and O–H groups in total. The lowest BCUT2D eigenvalue weighted by Gasteiger charge is -2.15. The van der Waals surface area contributed by atoms with Crippen LogP contribution < -0.4 is 0 Å². The summed E-state index contributed by atoms with van der Waals surface area (Å²) in [7, 11) is 1.79. The van der Waals surface area contributed by atoms with Gasteiger partial charge in [-0.1, -0.05) is 18.2 Å². The molecule has 0 atom stereocenters. The molecule has 4 heteroatoms. The molecule has 0 fully saturated rings. The van der Waals surface area contributed by atoms with E-state index in [2.05, 4.69) is 4.98 Å². The van der Waals surface area contributed by atoms with Crippen molar-refractivity contribution in [1.29, 1.82) is 0 Å². The molecule has 3 rings (SSSR count). The van der Waals surface area contributed by atoms with Crippen LogP contribution in [0.1, 0.15) is 11.3 Å². The summed E-state index contributed by atoms with van der Waals surface area (Å²) in [6, 6.07) is 11.7. The number of aromatic nitrogens is 1. The van der Waals surface area contributed by atoms with Gasteiger partial charge in [-0.25, -0.2) is 0 Å². The molecular weight excluding hydrogens is 252 g/mol. The number of fused-ring (bicyclic) bond motifs is 1. The van der Waals surface area contributed by atoms with Gasteiger partial charge in [-0.15, -0.1) is 0 Å². The number of carbonyl (C=O) groups excluding carboxylic acids is 1. The molecule has 2 aromatic heterocycles. The van der Waals surface area contributed by atoms with Crippen molar-refractivity contribution >= 4 is 16.8 Å². The first-order valence-electron chi connectivity index (χ1n) is 6.55. The summed E-state index contributed by atoms with van der Waals surface area (Å²) in [6.45, 7) is 0.494. The van der Waals surface area contributed by atoms with Gasteiger partial charge in [-0.05, 0) is 23.8 Å². The van der Waals surface area contributed by atoms with Crippen molar-refractivity contribution in [2.45, 2.75) is 13.0 Å². The van der Waals surface area contributed by atoms with E-state index in [1.807, 2.05) is 42.6 Å². The summed E-state index contributed by atoms with van der Waals surface area (Å²) in [5, 5.41) is 1.10. The first kappa shape index (κ1) is 12.5. The molecule has 1 aromatic carbocycles. The third kappa shape index (κ3) is 2.45. The van der Waals surface area contributed by atoms with Crippen molar-refractivity contribution in [2.75, 3.05) is 7.05 Å². The van der Waals surface area contributed by atoms with Crippen LogP contribution in [0.3, 0.4) is 0 Å². The highest BCUT2D eigenvalue weighted by atomic mass is 16.3. The molecule has 1 amide bonds. The normalized spacial score (nSPS) is 10.8. The fraction of sp³-hybridized carbons (Fsp3) is 0.188. The van der Waals surface area contributed by atoms with Crippen LogP contribution in [0, 0.1) is 0 Å². The predicted octanol–water partition coefficient (Wildman–Crippen LogP) is 2.96. The lowest BCUT2D eigenvalue weighted by molar-refractivity contribution is -0.129. The summed E-state index contributed by atoms with van der Waals surface area (Å²) in [5.74, 6) is 0.867. The standard InChI is InChI=1S/C16H16N2O2/c1-18(11-13-5-4-8-20-13)16(19)9-12-10-17-15-7-3-2-6-14(12)15/h2-8,10,17H,9,11H2,1H3. The predicted molar refractivity (Wildman–Crippen MR) is 77.2 cm³/mol. The molecule has 0 bridgehead atoms. The molecule has 20 heavy (non-hydrogen) atoms. The van der Waals surface area contributed by atoms with E-state index < -0.39 is 0 Å². The number of para-hydroxylation sites is 1. The molecule has 0 saturated heterocycles. The molecule has 102 valence electrons. The van der Waals surface area contributed by atoms with Crippen LogP contribution in [0.15, 0.2) is 53.3 Å². The van der Waals surface area contributed by atoms with Crippen LogP contribution >= 0.6 is 0 Å². The highest BCUT2D eigenvalue weighted by Crippen LogP contribution is 2.18. The Bertz CT molecular complexity index is 713. The number of nitrogens with one attached hydrogen (secondary N) is 1. The minimum absolute atomic E-state index is 0.0751. The van der Waals surface area contributed by atoms with Crippen LogP contribution in [0.5, 0.6) is 0 Å². The van der Waals surface area contributed by atoms with E-state index in [4.69, 9.17) is 4.42 Å². The Morgan fingerprint density at radius 2 is 2.10 bits per heavy atom. The summed E-state index contributed by atoms with van der Waals surface area (Å²) in [5.41, 5.74) is 2.08. The van der Waals surface area contributed by atoms with Crippen molar-refractivity contribution in [1.82, 2.24) is 9.88 Å². The maximum Gasteiger partial charge on any atom is 0.227 e. The van der Waals surface area contributed by atoms with Crippen molar-refractivity contribution in [2.24, 2.45) is 0 Å². The van der Waals surface area contributed by atoms with Crippen molar-refractivity contribution in [3.8, 4) is 0 Å². The number of benzene rings is 1. The highest BCUT2D eigenvalue weighted by Gasteiger charge is 2.13. The Kier molecular flexibility index (Phi) is 3.29. The van der Waals surface area contributed by atoms with E-state index in [0.717, 1.165) is 22.2 Å². The number of rotatable bonds is 4. The van der Waals surface area contributed by atoms with E-state index in [9.17, 15) is 4.79 Å². The number of aromatic amines is 1. The molecule has 0 aliphatic rings.